The lowest BCUT2D eigenvalue weighted by Gasteiger charge is -2.26. The van der Waals surface area contributed by atoms with Gasteiger partial charge in [0, 0.05) is 17.3 Å². The molecule has 1 aromatic heterocycles. The molecule has 1 aromatic carbocycles. The minimum atomic E-state index is -0.0242. The van der Waals surface area contributed by atoms with E-state index >= 15 is 0 Å². The van der Waals surface area contributed by atoms with Crippen LogP contribution in [0.15, 0.2) is 34.7 Å². The lowest BCUT2D eigenvalue weighted by atomic mass is 10.0. The molecule has 0 aliphatic heterocycles. The Bertz CT molecular complexity index is 644. The van der Waals surface area contributed by atoms with Crippen LogP contribution in [0.4, 0.5) is 5.69 Å². The van der Waals surface area contributed by atoms with Crippen molar-refractivity contribution < 1.29 is 9.21 Å². The molecule has 1 heterocycles. The first-order valence-electron chi connectivity index (χ1n) is 7.11. The number of carbonyl (C=O) groups is 1. The average molecular weight is 286 g/mol. The summed E-state index contributed by atoms with van der Waals surface area (Å²) >= 11 is 0. The largest absolute Gasteiger partial charge is 0.464 e. The second kappa shape index (κ2) is 6.04. The Balaban J connectivity index is 2.29. The number of nitrogens with two attached hydrogens (primary N) is 1. The summed E-state index contributed by atoms with van der Waals surface area (Å²) < 4.78 is 5.59. The van der Waals surface area contributed by atoms with Crippen LogP contribution >= 0.6 is 0 Å². The first-order chi connectivity index (χ1) is 9.90. The number of nitrogen functional groups attached to an aromatic ring is 1. The minimum absolute atomic E-state index is 0.0242. The van der Waals surface area contributed by atoms with Gasteiger partial charge in [-0.05, 0) is 57.5 Å². The number of aryl methyl sites for hydroxylation is 1. The van der Waals surface area contributed by atoms with E-state index in [1.807, 2.05) is 58.0 Å². The molecule has 0 saturated heterocycles. The van der Waals surface area contributed by atoms with E-state index in [1.165, 1.54) is 0 Å². The van der Waals surface area contributed by atoms with E-state index in [2.05, 4.69) is 0 Å². The first-order valence-corrected chi connectivity index (χ1v) is 7.11. The van der Waals surface area contributed by atoms with Crippen molar-refractivity contribution in [3.63, 3.8) is 0 Å². The van der Waals surface area contributed by atoms with Crippen molar-refractivity contribution in [2.45, 2.75) is 40.3 Å². The topological polar surface area (TPSA) is 59.5 Å². The molecule has 2 rings (SSSR count). The highest BCUT2D eigenvalue weighted by molar-refractivity contribution is 5.97. The van der Waals surface area contributed by atoms with Crippen LogP contribution in [0.1, 0.15) is 41.3 Å². The summed E-state index contributed by atoms with van der Waals surface area (Å²) in [5.74, 6) is 1.61. The number of rotatable bonds is 4. The highest BCUT2D eigenvalue weighted by Gasteiger charge is 2.22. The van der Waals surface area contributed by atoms with Crippen molar-refractivity contribution in [1.29, 1.82) is 0 Å². The number of furan rings is 1. The number of hydrogen-bond acceptors (Lipinski definition) is 3. The highest BCUT2D eigenvalue weighted by Crippen LogP contribution is 2.20. The van der Waals surface area contributed by atoms with Crippen LogP contribution in [0.25, 0.3) is 0 Å². The Hall–Kier alpha value is -2.23. The third-order valence-electron chi connectivity index (χ3n) is 3.61. The summed E-state index contributed by atoms with van der Waals surface area (Å²) in [6.07, 6.45) is 0. The molecule has 0 aliphatic carbocycles. The third kappa shape index (κ3) is 3.27. The van der Waals surface area contributed by atoms with E-state index < -0.39 is 0 Å². The Morgan fingerprint density at radius 1 is 1.24 bits per heavy atom. The van der Waals surface area contributed by atoms with Crippen molar-refractivity contribution in [2.75, 3.05) is 5.73 Å². The molecule has 0 fully saturated rings. The minimum Gasteiger partial charge on any atom is -0.464 e. The van der Waals surface area contributed by atoms with Gasteiger partial charge in [-0.15, -0.1) is 0 Å². The van der Waals surface area contributed by atoms with Crippen LogP contribution in [0, 0.1) is 13.8 Å². The fraction of sp³-hybridized carbons (Fsp3) is 0.353. The van der Waals surface area contributed by atoms with Crippen molar-refractivity contribution in [1.82, 2.24) is 4.90 Å². The van der Waals surface area contributed by atoms with Gasteiger partial charge in [0.25, 0.3) is 5.91 Å². The summed E-state index contributed by atoms with van der Waals surface area (Å²) in [7, 11) is 0. The van der Waals surface area contributed by atoms with Gasteiger partial charge in [0.15, 0.2) is 0 Å². The van der Waals surface area contributed by atoms with Crippen molar-refractivity contribution >= 4 is 11.6 Å². The quantitative estimate of drug-likeness (QED) is 0.875. The van der Waals surface area contributed by atoms with Crippen molar-refractivity contribution in [3.8, 4) is 0 Å². The van der Waals surface area contributed by atoms with E-state index in [0.29, 0.717) is 17.8 Å². The number of hydrogen-bond donors (Lipinski definition) is 1. The van der Waals surface area contributed by atoms with Gasteiger partial charge < -0.3 is 15.1 Å². The SMILES string of the molecule is Cc1ccc(CN(C(=O)c2cccc(N)c2C)C(C)C)o1. The zero-order valence-electron chi connectivity index (χ0n) is 13.0. The van der Waals surface area contributed by atoms with Gasteiger partial charge in [0.2, 0.25) is 0 Å². The summed E-state index contributed by atoms with van der Waals surface area (Å²) in [5, 5.41) is 0. The van der Waals surface area contributed by atoms with Gasteiger partial charge in [-0.25, -0.2) is 0 Å². The highest BCUT2D eigenvalue weighted by atomic mass is 16.3. The molecule has 21 heavy (non-hydrogen) atoms. The fourth-order valence-electron chi connectivity index (χ4n) is 2.27. The Kier molecular flexibility index (Phi) is 4.36. The summed E-state index contributed by atoms with van der Waals surface area (Å²) in [4.78, 5) is 14.6. The molecular formula is C17H22N2O2. The molecule has 2 aromatic rings. The van der Waals surface area contributed by atoms with E-state index in [-0.39, 0.29) is 11.9 Å². The molecule has 2 N–H and O–H groups in total. The lowest BCUT2D eigenvalue weighted by molar-refractivity contribution is 0.0674. The molecule has 0 radical (unpaired) electrons. The Morgan fingerprint density at radius 3 is 2.52 bits per heavy atom. The molecule has 0 unspecified atom stereocenters. The third-order valence-corrected chi connectivity index (χ3v) is 3.61. The van der Waals surface area contributed by atoms with Gasteiger partial charge in [0.1, 0.15) is 11.5 Å². The average Bonchev–Trinajstić information content (AvgIpc) is 2.84. The second-order valence-corrected chi connectivity index (χ2v) is 5.56. The molecule has 0 bridgehead atoms. The number of amides is 1. The van der Waals surface area contributed by atoms with Crippen LogP contribution in [-0.2, 0) is 6.54 Å². The summed E-state index contributed by atoms with van der Waals surface area (Å²) in [6.45, 7) is 8.22. The molecule has 4 heteroatoms. The number of benzene rings is 1. The Morgan fingerprint density at radius 2 is 1.95 bits per heavy atom. The number of anilines is 1. The van der Waals surface area contributed by atoms with E-state index in [1.54, 1.807) is 4.90 Å². The summed E-state index contributed by atoms with van der Waals surface area (Å²) in [5.41, 5.74) is 8.01. The fourth-order valence-corrected chi connectivity index (χ4v) is 2.27. The predicted octanol–water partition coefficient (Wildman–Crippen LogP) is 3.53. The van der Waals surface area contributed by atoms with Gasteiger partial charge in [-0.2, -0.15) is 0 Å². The van der Waals surface area contributed by atoms with E-state index in [0.717, 1.165) is 17.1 Å². The summed E-state index contributed by atoms with van der Waals surface area (Å²) in [6, 6.07) is 9.32. The van der Waals surface area contributed by atoms with Crippen LogP contribution < -0.4 is 5.73 Å². The monoisotopic (exact) mass is 286 g/mol. The van der Waals surface area contributed by atoms with E-state index in [9.17, 15) is 4.79 Å². The zero-order chi connectivity index (χ0) is 15.6. The zero-order valence-corrected chi connectivity index (χ0v) is 13.0. The molecule has 4 nitrogen and oxygen atoms in total. The first kappa shape index (κ1) is 15.2. The normalized spacial score (nSPS) is 10.9. The smallest absolute Gasteiger partial charge is 0.254 e. The van der Waals surface area contributed by atoms with Gasteiger partial charge in [-0.3, -0.25) is 4.79 Å². The molecule has 0 saturated carbocycles. The van der Waals surface area contributed by atoms with Gasteiger partial charge in [-0.1, -0.05) is 6.07 Å². The van der Waals surface area contributed by atoms with Crippen LogP contribution in [0.3, 0.4) is 0 Å². The van der Waals surface area contributed by atoms with Crippen LogP contribution in [0.5, 0.6) is 0 Å². The molecule has 1 amide bonds. The predicted molar refractivity (Wildman–Crippen MR) is 84.0 cm³/mol. The molecule has 0 atom stereocenters. The van der Waals surface area contributed by atoms with Crippen LogP contribution in [0.2, 0.25) is 0 Å². The maximum atomic E-state index is 12.8. The van der Waals surface area contributed by atoms with Gasteiger partial charge >= 0.3 is 0 Å². The lowest BCUT2D eigenvalue weighted by Crippen LogP contribution is -2.36. The molecule has 0 aliphatic rings. The Labute approximate surface area is 125 Å². The standard InChI is InChI=1S/C17H22N2O2/c1-11(2)19(10-14-9-8-12(3)21-14)17(20)15-6-5-7-16(18)13(15)4/h5-9,11H,10,18H2,1-4H3. The van der Waals surface area contributed by atoms with Crippen molar-refractivity contribution in [2.24, 2.45) is 0 Å². The maximum Gasteiger partial charge on any atom is 0.254 e. The van der Waals surface area contributed by atoms with E-state index in [4.69, 9.17) is 10.2 Å². The maximum absolute atomic E-state index is 12.8. The van der Waals surface area contributed by atoms with Crippen molar-refractivity contribution in [3.05, 3.63) is 53.0 Å². The molecule has 112 valence electrons. The van der Waals surface area contributed by atoms with Gasteiger partial charge in [0.05, 0.1) is 6.54 Å². The number of carbonyl (C=O) groups excluding carboxylic acids is 1. The van der Waals surface area contributed by atoms with Crippen LogP contribution in [-0.4, -0.2) is 16.8 Å². The molecular weight excluding hydrogens is 264 g/mol. The number of nitrogens with zero attached hydrogens (tertiary/aromatic N) is 1. The molecule has 0 spiro atoms. The second-order valence-electron chi connectivity index (χ2n) is 5.56.